The van der Waals surface area contributed by atoms with Crippen molar-refractivity contribution in [1.82, 2.24) is 9.44 Å². The molecule has 0 amide bonds. The van der Waals surface area contributed by atoms with Gasteiger partial charge in [-0.15, -0.1) is 0 Å². The highest BCUT2D eigenvalue weighted by Gasteiger charge is 2.32. The molecule has 3 N–H and O–H groups in total. The zero-order chi connectivity index (χ0) is 13.6. The van der Waals surface area contributed by atoms with Crippen LogP contribution < -0.4 is 9.44 Å². The van der Waals surface area contributed by atoms with Crippen molar-refractivity contribution in [2.45, 2.75) is 51.5 Å². The summed E-state index contributed by atoms with van der Waals surface area (Å²) in [6.45, 7) is 2.16. The van der Waals surface area contributed by atoms with Crippen LogP contribution in [0.15, 0.2) is 0 Å². The molecule has 1 unspecified atom stereocenters. The van der Waals surface area contributed by atoms with E-state index in [-0.39, 0.29) is 5.92 Å². The number of hydrogen-bond donors (Lipinski definition) is 3. The smallest absolute Gasteiger partial charge is 0.322 e. The number of carboxylic acids is 1. The minimum absolute atomic E-state index is 0.102. The highest BCUT2D eigenvalue weighted by atomic mass is 32.2. The van der Waals surface area contributed by atoms with Crippen molar-refractivity contribution in [3.05, 3.63) is 0 Å². The van der Waals surface area contributed by atoms with E-state index in [4.69, 9.17) is 5.11 Å². The average molecular weight is 278 g/mol. The Morgan fingerprint density at radius 1 is 1.33 bits per heavy atom. The standard InChI is InChI=1S/C11H22N2O4S/c1-2-8-12-18(16,17)13-10(11(14)15)9-6-4-3-5-7-9/h9-10,12-13H,2-8H2,1H3,(H,14,15). The van der Waals surface area contributed by atoms with Gasteiger partial charge in [-0.3, -0.25) is 4.79 Å². The van der Waals surface area contributed by atoms with Crippen LogP contribution in [0.2, 0.25) is 0 Å². The molecular weight excluding hydrogens is 256 g/mol. The van der Waals surface area contributed by atoms with E-state index in [1.807, 2.05) is 6.92 Å². The van der Waals surface area contributed by atoms with E-state index in [1.165, 1.54) is 0 Å². The van der Waals surface area contributed by atoms with Gasteiger partial charge in [0.05, 0.1) is 0 Å². The molecule has 1 fully saturated rings. The maximum atomic E-state index is 11.7. The zero-order valence-corrected chi connectivity index (χ0v) is 11.5. The topological polar surface area (TPSA) is 95.5 Å². The van der Waals surface area contributed by atoms with E-state index in [0.717, 1.165) is 32.1 Å². The molecule has 1 aliphatic carbocycles. The Kier molecular flexibility index (Phi) is 6.04. The first kappa shape index (κ1) is 15.4. The van der Waals surface area contributed by atoms with Crippen LogP contribution in [-0.4, -0.2) is 32.1 Å². The van der Waals surface area contributed by atoms with Crippen LogP contribution >= 0.6 is 0 Å². The van der Waals surface area contributed by atoms with E-state index in [9.17, 15) is 13.2 Å². The highest BCUT2D eigenvalue weighted by Crippen LogP contribution is 2.26. The second-order valence-electron chi connectivity index (χ2n) is 4.73. The molecule has 7 heteroatoms. The van der Waals surface area contributed by atoms with Crippen molar-refractivity contribution in [2.75, 3.05) is 6.54 Å². The van der Waals surface area contributed by atoms with Crippen LogP contribution in [0.5, 0.6) is 0 Å². The second kappa shape index (κ2) is 7.06. The summed E-state index contributed by atoms with van der Waals surface area (Å²) in [4.78, 5) is 11.2. The van der Waals surface area contributed by atoms with E-state index >= 15 is 0 Å². The molecule has 0 radical (unpaired) electrons. The Labute approximate surface area is 108 Å². The SMILES string of the molecule is CCCNS(=O)(=O)NC(C(=O)O)C1CCCCC1. The minimum atomic E-state index is -3.72. The molecule has 0 aromatic rings. The van der Waals surface area contributed by atoms with Crippen LogP contribution in [0, 0.1) is 5.92 Å². The fraction of sp³-hybridized carbons (Fsp3) is 0.909. The maximum Gasteiger partial charge on any atom is 0.322 e. The van der Waals surface area contributed by atoms with Gasteiger partial charge in [-0.1, -0.05) is 26.2 Å². The van der Waals surface area contributed by atoms with Gasteiger partial charge < -0.3 is 5.11 Å². The van der Waals surface area contributed by atoms with Crippen LogP contribution in [0.4, 0.5) is 0 Å². The largest absolute Gasteiger partial charge is 0.480 e. The second-order valence-corrected chi connectivity index (χ2v) is 6.26. The number of carbonyl (C=O) groups is 1. The third kappa shape index (κ3) is 4.91. The van der Waals surface area contributed by atoms with E-state index in [1.54, 1.807) is 0 Å². The van der Waals surface area contributed by atoms with Crippen LogP contribution in [-0.2, 0) is 15.0 Å². The molecule has 0 heterocycles. The maximum absolute atomic E-state index is 11.7. The predicted molar refractivity (Wildman–Crippen MR) is 68.3 cm³/mol. The lowest BCUT2D eigenvalue weighted by Crippen LogP contribution is -2.50. The molecule has 0 aromatic carbocycles. The highest BCUT2D eigenvalue weighted by molar-refractivity contribution is 7.87. The van der Waals surface area contributed by atoms with Gasteiger partial charge in [-0.05, 0) is 25.2 Å². The third-order valence-corrected chi connectivity index (χ3v) is 4.36. The molecule has 18 heavy (non-hydrogen) atoms. The summed E-state index contributed by atoms with van der Waals surface area (Å²) in [6.07, 6.45) is 5.25. The fourth-order valence-electron chi connectivity index (χ4n) is 2.26. The Morgan fingerprint density at radius 3 is 2.44 bits per heavy atom. The van der Waals surface area contributed by atoms with Crippen molar-refractivity contribution < 1.29 is 18.3 Å². The average Bonchev–Trinajstić information content (AvgIpc) is 2.34. The van der Waals surface area contributed by atoms with Gasteiger partial charge in [0.2, 0.25) is 0 Å². The zero-order valence-electron chi connectivity index (χ0n) is 10.7. The lowest BCUT2D eigenvalue weighted by molar-refractivity contribution is -0.140. The molecule has 1 saturated carbocycles. The monoisotopic (exact) mass is 278 g/mol. The van der Waals surface area contributed by atoms with Gasteiger partial charge in [0.25, 0.3) is 10.2 Å². The fourth-order valence-corrected chi connectivity index (χ4v) is 3.44. The van der Waals surface area contributed by atoms with Crippen molar-refractivity contribution in [2.24, 2.45) is 5.92 Å². The normalized spacial score (nSPS) is 19.6. The quantitative estimate of drug-likeness (QED) is 0.643. The number of nitrogens with one attached hydrogen (secondary N) is 2. The molecule has 0 spiro atoms. The molecular formula is C11H22N2O4S. The summed E-state index contributed by atoms with van der Waals surface area (Å²) in [7, 11) is -3.72. The molecule has 0 bridgehead atoms. The summed E-state index contributed by atoms with van der Waals surface area (Å²) in [5.74, 6) is -1.20. The van der Waals surface area contributed by atoms with Crippen molar-refractivity contribution in [3.63, 3.8) is 0 Å². The minimum Gasteiger partial charge on any atom is -0.480 e. The summed E-state index contributed by atoms with van der Waals surface area (Å²) in [6, 6.07) is -1.01. The van der Waals surface area contributed by atoms with E-state index < -0.39 is 22.2 Å². The van der Waals surface area contributed by atoms with Crippen molar-refractivity contribution >= 4 is 16.2 Å². The summed E-state index contributed by atoms with van der Waals surface area (Å²) < 4.78 is 27.9. The molecule has 0 saturated heterocycles. The Hall–Kier alpha value is -0.660. The summed E-state index contributed by atoms with van der Waals surface area (Å²) in [5.41, 5.74) is 0. The number of carboxylic acid groups (broad SMARTS) is 1. The number of aliphatic carboxylic acids is 1. The van der Waals surface area contributed by atoms with Gasteiger partial charge in [-0.2, -0.15) is 13.1 Å². The van der Waals surface area contributed by atoms with E-state index in [0.29, 0.717) is 13.0 Å². The Balaban J connectivity index is 2.64. The van der Waals surface area contributed by atoms with Gasteiger partial charge in [0, 0.05) is 6.54 Å². The van der Waals surface area contributed by atoms with Gasteiger partial charge >= 0.3 is 5.97 Å². The predicted octanol–water partition coefficient (Wildman–Crippen LogP) is 0.854. The van der Waals surface area contributed by atoms with Crippen LogP contribution in [0.25, 0.3) is 0 Å². The lowest BCUT2D eigenvalue weighted by Gasteiger charge is -2.27. The van der Waals surface area contributed by atoms with Crippen LogP contribution in [0.1, 0.15) is 45.4 Å². The molecule has 0 aromatic heterocycles. The molecule has 1 rings (SSSR count). The van der Waals surface area contributed by atoms with Crippen molar-refractivity contribution in [3.8, 4) is 0 Å². The van der Waals surface area contributed by atoms with Gasteiger partial charge in [-0.25, -0.2) is 4.72 Å². The molecule has 1 atom stereocenters. The van der Waals surface area contributed by atoms with Crippen molar-refractivity contribution in [1.29, 1.82) is 0 Å². The first-order chi connectivity index (χ1) is 8.46. The van der Waals surface area contributed by atoms with E-state index in [2.05, 4.69) is 9.44 Å². The summed E-state index contributed by atoms with van der Waals surface area (Å²) >= 11 is 0. The van der Waals surface area contributed by atoms with Gasteiger partial charge in [0.1, 0.15) is 6.04 Å². The Morgan fingerprint density at radius 2 is 1.94 bits per heavy atom. The first-order valence-electron chi connectivity index (χ1n) is 6.46. The summed E-state index contributed by atoms with van der Waals surface area (Å²) in [5, 5.41) is 9.16. The van der Waals surface area contributed by atoms with Gasteiger partial charge in [0.15, 0.2) is 0 Å². The Bertz CT molecular complexity index is 363. The number of hydrogen-bond acceptors (Lipinski definition) is 3. The molecule has 1 aliphatic rings. The molecule has 6 nitrogen and oxygen atoms in total. The molecule has 0 aliphatic heterocycles. The molecule has 106 valence electrons. The van der Waals surface area contributed by atoms with Crippen LogP contribution in [0.3, 0.4) is 0 Å². The first-order valence-corrected chi connectivity index (χ1v) is 7.94. The third-order valence-electron chi connectivity index (χ3n) is 3.21. The number of rotatable bonds is 7. The lowest BCUT2D eigenvalue weighted by atomic mass is 9.84.